The Bertz CT molecular complexity index is 102. The molecule has 0 bridgehead atoms. The van der Waals surface area contributed by atoms with Gasteiger partial charge in [-0.15, -0.1) is 0 Å². The summed E-state index contributed by atoms with van der Waals surface area (Å²) in [5.74, 6) is 0. The summed E-state index contributed by atoms with van der Waals surface area (Å²) in [5, 5.41) is 0. The van der Waals surface area contributed by atoms with Gasteiger partial charge in [0.25, 0.3) is 0 Å². The largest absolute Gasteiger partial charge is 0.273 e. The molecule has 0 unspecified atom stereocenters. The van der Waals surface area contributed by atoms with Crippen LogP contribution in [0.3, 0.4) is 0 Å². The van der Waals surface area contributed by atoms with E-state index < -0.39 is 0 Å². The molecule has 0 aromatic carbocycles. The zero-order chi connectivity index (χ0) is 10.2. The molecule has 72 valence electrons. The summed E-state index contributed by atoms with van der Waals surface area (Å²) in [4.78, 5) is 3.49. The van der Waals surface area contributed by atoms with Crippen LogP contribution in [0.2, 0.25) is 0 Å². The summed E-state index contributed by atoms with van der Waals surface area (Å²) in [6.07, 6.45) is 8.54. The van der Waals surface area contributed by atoms with Crippen molar-refractivity contribution in [2.24, 2.45) is 4.99 Å². The van der Waals surface area contributed by atoms with Crippen LogP contribution in [0.5, 0.6) is 0 Å². The van der Waals surface area contributed by atoms with Gasteiger partial charge in [-0.05, 0) is 19.7 Å². The van der Waals surface area contributed by atoms with Gasteiger partial charge in [-0.3, -0.25) is 4.99 Å². The lowest BCUT2D eigenvalue weighted by molar-refractivity contribution is 1.09. The first kappa shape index (κ1) is 17.3. The van der Waals surface area contributed by atoms with Crippen molar-refractivity contribution >= 4 is 6.72 Å². The molecule has 0 aliphatic heterocycles. The molecule has 0 radical (unpaired) electrons. The van der Waals surface area contributed by atoms with Crippen molar-refractivity contribution in [1.29, 1.82) is 0 Å². The van der Waals surface area contributed by atoms with Gasteiger partial charge in [-0.25, -0.2) is 0 Å². The zero-order valence-corrected chi connectivity index (χ0v) is 9.17. The Morgan fingerprint density at radius 3 is 1.83 bits per heavy atom. The van der Waals surface area contributed by atoms with E-state index in [1.807, 2.05) is 39.0 Å². The van der Waals surface area contributed by atoms with Gasteiger partial charge >= 0.3 is 0 Å². The highest BCUT2D eigenvalue weighted by molar-refractivity contribution is 5.26. The first-order valence-electron chi connectivity index (χ1n) is 4.57. The van der Waals surface area contributed by atoms with Crippen LogP contribution in [0, 0.1) is 0 Å². The molecule has 0 saturated carbocycles. The van der Waals surface area contributed by atoms with Crippen molar-refractivity contribution in [2.75, 3.05) is 0 Å². The molecular formula is C11H23N. The minimum absolute atomic E-state index is 1.25. The number of hydrogen-bond donors (Lipinski definition) is 0. The number of rotatable bonds is 2. The molecule has 1 heteroatoms. The summed E-state index contributed by atoms with van der Waals surface area (Å²) >= 11 is 0. The molecule has 0 rings (SSSR count). The average molecular weight is 169 g/mol. The van der Waals surface area contributed by atoms with Crippen LogP contribution in [0.4, 0.5) is 0 Å². The highest BCUT2D eigenvalue weighted by Crippen LogP contribution is 1.73. The quantitative estimate of drug-likeness (QED) is 0.433. The molecule has 0 N–H and O–H groups in total. The van der Waals surface area contributed by atoms with Crippen LogP contribution < -0.4 is 0 Å². The maximum absolute atomic E-state index is 3.49. The molecule has 0 aromatic rings. The Morgan fingerprint density at radius 2 is 1.58 bits per heavy atom. The van der Waals surface area contributed by atoms with Gasteiger partial charge in [0.2, 0.25) is 0 Å². The van der Waals surface area contributed by atoms with E-state index in [9.17, 15) is 0 Å². The normalized spacial score (nSPS) is 8.42. The topological polar surface area (TPSA) is 12.4 Å². The first-order valence-corrected chi connectivity index (χ1v) is 4.57. The Morgan fingerprint density at radius 1 is 1.17 bits per heavy atom. The van der Waals surface area contributed by atoms with Crippen LogP contribution in [-0.2, 0) is 0 Å². The highest BCUT2D eigenvalue weighted by Gasteiger charge is 1.52. The molecule has 1 nitrogen and oxygen atoms in total. The number of aliphatic imine (C=N–C) groups is 1. The molecule has 0 atom stereocenters. The maximum atomic E-state index is 3.49. The fourth-order valence-corrected chi connectivity index (χ4v) is 0.222. The third-order valence-electron chi connectivity index (χ3n) is 0.495. The molecule has 0 aromatic heterocycles. The molecule has 12 heavy (non-hydrogen) atoms. The van der Waals surface area contributed by atoms with Crippen molar-refractivity contribution in [3.63, 3.8) is 0 Å². The minimum atomic E-state index is 1.25. The molecule has 0 heterocycles. The minimum Gasteiger partial charge on any atom is -0.273 e. The van der Waals surface area contributed by atoms with E-state index in [4.69, 9.17) is 0 Å². The third kappa shape index (κ3) is 61.3. The fraction of sp³-hybridized carbons (Fsp3) is 0.545. The highest BCUT2D eigenvalue weighted by atomic mass is 14.6. The van der Waals surface area contributed by atoms with Gasteiger partial charge in [0.1, 0.15) is 0 Å². The van der Waals surface area contributed by atoms with Gasteiger partial charge in [0.05, 0.1) is 0 Å². The van der Waals surface area contributed by atoms with Gasteiger partial charge in [-0.1, -0.05) is 46.3 Å². The molecule has 0 aliphatic carbocycles. The van der Waals surface area contributed by atoms with Crippen molar-refractivity contribution in [2.45, 2.75) is 41.0 Å². The zero-order valence-electron chi connectivity index (χ0n) is 9.17. The number of hydrogen-bond acceptors (Lipinski definition) is 1. The van der Waals surface area contributed by atoms with Crippen molar-refractivity contribution < 1.29 is 0 Å². The lowest BCUT2D eigenvalue weighted by Gasteiger charge is -1.65. The van der Waals surface area contributed by atoms with Crippen LogP contribution in [0.25, 0.3) is 0 Å². The monoisotopic (exact) mass is 169 g/mol. The van der Waals surface area contributed by atoms with E-state index in [0.717, 1.165) is 0 Å². The predicted octanol–water partition coefficient (Wildman–Crippen LogP) is 4.22. The second kappa shape index (κ2) is 32.0. The molecule has 0 spiro atoms. The molecule has 0 saturated heterocycles. The maximum Gasteiger partial charge on any atom is 0.0260 e. The molecule has 0 amide bonds. The summed E-state index contributed by atoms with van der Waals surface area (Å²) in [6, 6.07) is 0. The Kier molecular flexibility index (Phi) is 46.2. The van der Waals surface area contributed by atoms with Crippen molar-refractivity contribution in [3.8, 4) is 0 Å². The average Bonchev–Trinajstić information content (AvgIpc) is 2.11. The molecule has 0 fully saturated rings. The smallest absolute Gasteiger partial charge is 0.0260 e. The van der Waals surface area contributed by atoms with Crippen LogP contribution in [0.1, 0.15) is 41.0 Å². The molecular weight excluding hydrogens is 146 g/mol. The van der Waals surface area contributed by atoms with Crippen LogP contribution in [0.15, 0.2) is 29.4 Å². The second-order valence-corrected chi connectivity index (χ2v) is 1.76. The summed E-state index contributed by atoms with van der Waals surface area (Å²) in [5.41, 5.74) is 0. The Hall–Kier alpha value is -0.850. The van der Waals surface area contributed by atoms with E-state index in [1.54, 1.807) is 6.20 Å². The number of nitrogens with zero attached hydrogens (tertiary/aromatic N) is 1. The van der Waals surface area contributed by atoms with Crippen molar-refractivity contribution in [1.82, 2.24) is 0 Å². The standard InChI is InChI=1S/C6H9N.C3H8.C2H6/c1-3-4-5-6-7-2;1-3-2;1-2/h3-6H,2H2,1H3;3H2,1-2H3;1-2H3/b4-3-,6-5-;;. The van der Waals surface area contributed by atoms with E-state index in [-0.39, 0.29) is 0 Å². The Labute approximate surface area is 77.9 Å². The fourth-order valence-electron chi connectivity index (χ4n) is 0.222. The third-order valence-corrected chi connectivity index (χ3v) is 0.495. The lowest BCUT2D eigenvalue weighted by Crippen LogP contribution is -1.44. The van der Waals surface area contributed by atoms with E-state index >= 15 is 0 Å². The lowest BCUT2D eigenvalue weighted by atomic mass is 10.5. The van der Waals surface area contributed by atoms with Gasteiger partial charge in [0.15, 0.2) is 0 Å². The van der Waals surface area contributed by atoms with E-state index in [2.05, 4.69) is 25.6 Å². The summed E-state index contributed by atoms with van der Waals surface area (Å²) in [6.45, 7) is 13.5. The SMILES string of the molecule is C=N/C=C\C=C/C.CC.CCC. The summed E-state index contributed by atoms with van der Waals surface area (Å²) in [7, 11) is 0. The van der Waals surface area contributed by atoms with E-state index in [0.29, 0.717) is 0 Å². The van der Waals surface area contributed by atoms with E-state index in [1.165, 1.54) is 6.42 Å². The Balaban J connectivity index is -0.000000137. The van der Waals surface area contributed by atoms with Gasteiger partial charge < -0.3 is 0 Å². The van der Waals surface area contributed by atoms with Crippen molar-refractivity contribution in [3.05, 3.63) is 24.4 Å². The first-order chi connectivity index (χ1) is 5.83. The molecule has 0 aliphatic rings. The van der Waals surface area contributed by atoms with Gasteiger partial charge in [0, 0.05) is 6.20 Å². The summed E-state index contributed by atoms with van der Waals surface area (Å²) < 4.78 is 0. The second-order valence-electron chi connectivity index (χ2n) is 1.76. The number of allylic oxidation sites excluding steroid dienone is 3. The van der Waals surface area contributed by atoms with Crippen LogP contribution >= 0.6 is 0 Å². The van der Waals surface area contributed by atoms with Crippen LogP contribution in [-0.4, -0.2) is 6.72 Å². The predicted molar refractivity (Wildman–Crippen MR) is 60.8 cm³/mol. The van der Waals surface area contributed by atoms with Gasteiger partial charge in [-0.2, -0.15) is 0 Å².